The smallest absolute Gasteiger partial charge is 0.220 e. The Balaban J connectivity index is 2.38. The average molecular weight is 226 g/mol. The fourth-order valence-corrected chi connectivity index (χ4v) is 2.69. The molecule has 1 rings (SSSR count). The van der Waals surface area contributed by atoms with Crippen LogP contribution in [-0.4, -0.2) is 18.0 Å². The summed E-state index contributed by atoms with van der Waals surface area (Å²) in [6.45, 7) is 4.44. The van der Waals surface area contributed by atoms with E-state index in [4.69, 9.17) is 5.73 Å². The number of nitrogens with one attached hydrogen (secondary N) is 1. The molecule has 1 aliphatic rings. The van der Waals surface area contributed by atoms with Crippen molar-refractivity contribution in [3.05, 3.63) is 0 Å². The summed E-state index contributed by atoms with van der Waals surface area (Å²) in [6, 6.07) is 1.12. The van der Waals surface area contributed by atoms with Gasteiger partial charge in [0.25, 0.3) is 0 Å². The van der Waals surface area contributed by atoms with Gasteiger partial charge in [-0.1, -0.05) is 26.7 Å². The van der Waals surface area contributed by atoms with Crippen LogP contribution in [0.15, 0.2) is 0 Å². The van der Waals surface area contributed by atoms with Crippen molar-refractivity contribution in [1.82, 2.24) is 5.32 Å². The first kappa shape index (κ1) is 13.5. The lowest BCUT2D eigenvalue weighted by Crippen LogP contribution is -2.43. The molecular formula is C13H26N2O. The van der Waals surface area contributed by atoms with Crippen LogP contribution >= 0.6 is 0 Å². The molecule has 3 nitrogen and oxygen atoms in total. The molecule has 0 aliphatic heterocycles. The van der Waals surface area contributed by atoms with E-state index in [1.54, 1.807) is 0 Å². The monoisotopic (exact) mass is 226 g/mol. The topological polar surface area (TPSA) is 55.1 Å². The van der Waals surface area contributed by atoms with Gasteiger partial charge in [0.15, 0.2) is 0 Å². The lowest BCUT2D eigenvalue weighted by Gasteiger charge is -2.31. The van der Waals surface area contributed by atoms with E-state index in [0.29, 0.717) is 12.1 Å². The number of rotatable bonds is 6. The average Bonchev–Trinajstić information content (AvgIpc) is 2.29. The van der Waals surface area contributed by atoms with Crippen molar-refractivity contribution in [2.75, 3.05) is 0 Å². The molecule has 0 bridgehead atoms. The molecule has 1 amide bonds. The Hall–Kier alpha value is -0.570. The number of nitrogens with two attached hydrogens (primary N) is 1. The molecule has 0 aromatic rings. The highest BCUT2D eigenvalue weighted by molar-refractivity contribution is 5.76. The molecule has 16 heavy (non-hydrogen) atoms. The first-order chi connectivity index (χ1) is 7.67. The molecule has 0 saturated heterocycles. The van der Waals surface area contributed by atoms with Gasteiger partial charge in [0.05, 0.1) is 0 Å². The molecule has 1 saturated carbocycles. The highest BCUT2D eigenvalue weighted by Gasteiger charge is 2.26. The molecule has 0 spiro atoms. The van der Waals surface area contributed by atoms with Crippen LogP contribution in [0.4, 0.5) is 0 Å². The minimum atomic E-state index is -0.116. The Labute approximate surface area is 99.2 Å². The van der Waals surface area contributed by atoms with Gasteiger partial charge in [-0.2, -0.15) is 0 Å². The van der Waals surface area contributed by atoms with Crippen LogP contribution in [0.25, 0.3) is 0 Å². The van der Waals surface area contributed by atoms with Crippen LogP contribution in [0.1, 0.15) is 58.8 Å². The first-order valence-electron chi connectivity index (χ1n) is 6.72. The Morgan fingerprint density at radius 2 is 2.19 bits per heavy atom. The van der Waals surface area contributed by atoms with Crippen LogP contribution < -0.4 is 11.1 Å². The van der Waals surface area contributed by atoms with E-state index in [1.807, 2.05) is 0 Å². The summed E-state index contributed by atoms with van der Waals surface area (Å²) in [5, 5.41) is 3.68. The number of hydrogen-bond acceptors (Lipinski definition) is 2. The van der Waals surface area contributed by atoms with Crippen molar-refractivity contribution in [2.45, 2.75) is 70.9 Å². The highest BCUT2D eigenvalue weighted by Crippen LogP contribution is 2.24. The van der Waals surface area contributed by atoms with Crippen molar-refractivity contribution in [1.29, 1.82) is 0 Å². The molecule has 94 valence electrons. The first-order valence-corrected chi connectivity index (χ1v) is 6.72. The van der Waals surface area contributed by atoms with Crippen LogP contribution in [-0.2, 0) is 4.79 Å². The second-order valence-electron chi connectivity index (χ2n) is 5.02. The maximum Gasteiger partial charge on any atom is 0.220 e. The lowest BCUT2D eigenvalue weighted by atomic mass is 9.84. The van der Waals surface area contributed by atoms with Crippen molar-refractivity contribution in [3.8, 4) is 0 Å². The third-order valence-corrected chi connectivity index (χ3v) is 3.68. The highest BCUT2D eigenvalue weighted by atomic mass is 16.1. The normalized spacial score (nSPS) is 27.6. The maximum absolute atomic E-state index is 11.2. The molecule has 1 aliphatic carbocycles. The number of primary amides is 1. The predicted molar refractivity (Wildman–Crippen MR) is 67.1 cm³/mol. The molecule has 0 heterocycles. The van der Waals surface area contributed by atoms with E-state index in [-0.39, 0.29) is 11.8 Å². The van der Waals surface area contributed by atoms with Gasteiger partial charge >= 0.3 is 0 Å². The molecule has 0 aromatic carbocycles. The van der Waals surface area contributed by atoms with Gasteiger partial charge in [0, 0.05) is 18.0 Å². The quantitative estimate of drug-likeness (QED) is 0.729. The third-order valence-electron chi connectivity index (χ3n) is 3.68. The minimum absolute atomic E-state index is 0.102. The summed E-state index contributed by atoms with van der Waals surface area (Å²) < 4.78 is 0. The van der Waals surface area contributed by atoms with E-state index >= 15 is 0 Å². The van der Waals surface area contributed by atoms with Gasteiger partial charge in [-0.05, 0) is 32.1 Å². The SMILES string of the molecule is CCCC(CC)NC1CCCC(C(N)=O)C1. The minimum Gasteiger partial charge on any atom is -0.369 e. The van der Waals surface area contributed by atoms with Gasteiger partial charge in [-0.25, -0.2) is 0 Å². The van der Waals surface area contributed by atoms with Gasteiger partial charge in [-0.3, -0.25) is 4.79 Å². The van der Waals surface area contributed by atoms with Crippen molar-refractivity contribution in [3.63, 3.8) is 0 Å². The predicted octanol–water partition coefficient (Wildman–Crippen LogP) is 2.20. The standard InChI is InChI=1S/C13H26N2O/c1-3-6-11(4-2)15-12-8-5-7-10(9-12)13(14)16/h10-12,15H,3-9H2,1-2H3,(H2,14,16). The van der Waals surface area contributed by atoms with Crippen LogP contribution in [0.3, 0.4) is 0 Å². The van der Waals surface area contributed by atoms with E-state index in [1.165, 1.54) is 25.7 Å². The second-order valence-corrected chi connectivity index (χ2v) is 5.02. The lowest BCUT2D eigenvalue weighted by molar-refractivity contribution is -0.122. The van der Waals surface area contributed by atoms with Gasteiger partial charge in [-0.15, -0.1) is 0 Å². The largest absolute Gasteiger partial charge is 0.369 e. The summed E-state index contributed by atoms with van der Waals surface area (Å²) in [4.78, 5) is 11.2. The van der Waals surface area contributed by atoms with Crippen molar-refractivity contribution in [2.24, 2.45) is 11.7 Å². The summed E-state index contributed by atoms with van der Waals surface area (Å²) in [7, 11) is 0. The molecule has 0 aromatic heterocycles. The Bertz CT molecular complexity index is 218. The summed E-state index contributed by atoms with van der Waals surface area (Å²) >= 11 is 0. The van der Waals surface area contributed by atoms with Crippen molar-refractivity contribution < 1.29 is 4.79 Å². The molecule has 3 atom stereocenters. The second kappa shape index (κ2) is 6.89. The zero-order valence-electron chi connectivity index (χ0n) is 10.7. The van der Waals surface area contributed by atoms with Gasteiger partial charge in [0.2, 0.25) is 5.91 Å². The Kier molecular flexibility index (Phi) is 5.81. The summed E-state index contributed by atoms with van der Waals surface area (Å²) in [5.41, 5.74) is 5.38. The molecule has 3 heteroatoms. The molecular weight excluding hydrogens is 200 g/mol. The maximum atomic E-state index is 11.2. The zero-order valence-corrected chi connectivity index (χ0v) is 10.7. The molecule has 1 fully saturated rings. The number of hydrogen-bond donors (Lipinski definition) is 2. The third kappa shape index (κ3) is 4.12. The molecule has 3 unspecified atom stereocenters. The number of carbonyl (C=O) groups excluding carboxylic acids is 1. The van der Waals surface area contributed by atoms with Crippen molar-refractivity contribution >= 4 is 5.91 Å². The van der Waals surface area contributed by atoms with E-state index in [9.17, 15) is 4.79 Å². The van der Waals surface area contributed by atoms with Crippen LogP contribution in [0.5, 0.6) is 0 Å². The van der Waals surface area contributed by atoms with Gasteiger partial charge in [0.1, 0.15) is 0 Å². The van der Waals surface area contributed by atoms with Gasteiger partial charge < -0.3 is 11.1 Å². The van der Waals surface area contributed by atoms with Crippen LogP contribution in [0.2, 0.25) is 0 Å². The fraction of sp³-hybridized carbons (Fsp3) is 0.923. The Morgan fingerprint density at radius 3 is 2.75 bits per heavy atom. The fourth-order valence-electron chi connectivity index (χ4n) is 2.69. The van der Waals surface area contributed by atoms with E-state index < -0.39 is 0 Å². The number of amides is 1. The molecule has 3 N–H and O–H groups in total. The van der Waals surface area contributed by atoms with E-state index in [2.05, 4.69) is 19.2 Å². The summed E-state index contributed by atoms with van der Waals surface area (Å²) in [5.74, 6) is -0.0135. The van der Waals surface area contributed by atoms with E-state index in [0.717, 1.165) is 19.3 Å². The van der Waals surface area contributed by atoms with Crippen LogP contribution in [0, 0.1) is 5.92 Å². The zero-order chi connectivity index (χ0) is 12.0. The summed E-state index contributed by atoms with van der Waals surface area (Å²) in [6.07, 6.45) is 7.88. The Morgan fingerprint density at radius 1 is 1.44 bits per heavy atom. The molecule has 0 radical (unpaired) electrons. The number of carbonyl (C=O) groups is 1.